The number of nitrogens with two attached hydrogens (primary N) is 2. The number of hydrogen-bond acceptors (Lipinski definition) is 3. The fourth-order valence-corrected chi connectivity index (χ4v) is 0.961. The molecule has 1 rings (SSSR count). The summed E-state index contributed by atoms with van der Waals surface area (Å²) in [6.45, 7) is 0. The molecule has 4 nitrogen and oxygen atoms in total. The molecule has 1 heterocycles. The minimum Gasteiger partial charge on any atom is -0.380 e. The van der Waals surface area contributed by atoms with Gasteiger partial charge in [0, 0.05) is 0 Å². The average Bonchev–Trinajstić information content (AvgIpc) is 2.03. The van der Waals surface area contributed by atoms with Crippen molar-refractivity contribution in [3.63, 3.8) is 0 Å². The SMILES string of the molecule is NN=C(N)c1cccc(Br)n1. The van der Waals surface area contributed by atoms with E-state index >= 15 is 0 Å². The van der Waals surface area contributed by atoms with E-state index in [1.54, 1.807) is 12.1 Å². The predicted molar refractivity (Wildman–Crippen MR) is 46.8 cm³/mol. The number of pyridine rings is 1. The van der Waals surface area contributed by atoms with Crippen LogP contribution in [0.3, 0.4) is 0 Å². The van der Waals surface area contributed by atoms with E-state index in [4.69, 9.17) is 11.6 Å². The summed E-state index contributed by atoms with van der Waals surface area (Å²) in [6, 6.07) is 5.34. The van der Waals surface area contributed by atoms with Gasteiger partial charge >= 0.3 is 0 Å². The molecule has 1 aromatic heterocycles. The Kier molecular flexibility index (Phi) is 2.43. The third-order valence-corrected chi connectivity index (χ3v) is 1.56. The second-order valence-electron chi connectivity index (χ2n) is 1.86. The van der Waals surface area contributed by atoms with Crippen LogP contribution in [0.25, 0.3) is 0 Å². The minimum absolute atomic E-state index is 0.228. The van der Waals surface area contributed by atoms with Crippen molar-refractivity contribution in [2.45, 2.75) is 0 Å². The van der Waals surface area contributed by atoms with Crippen LogP contribution in [0.1, 0.15) is 5.69 Å². The van der Waals surface area contributed by atoms with Crippen molar-refractivity contribution >= 4 is 21.8 Å². The molecule has 0 saturated carbocycles. The molecule has 0 radical (unpaired) electrons. The summed E-state index contributed by atoms with van der Waals surface area (Å²) in [7, 11) is 0. The second-order valence-corrected chi connectivity index (χ2v) is 2.67. The summed E-state index contributed by atoms with van der Waals surface area (Å²) >= 11 is 3.20. The topological polar surface area (TPSA) is 77.3 Å². The highest BCUT2D eigenvalue weighted by atomic mass is 79.9. The van der Waals surface area contributed by atoms with Gasteiger partial charge in [-0.1, -0.05) is 6.07 Å². The van der Waals surface area contributed by atoms with Gasteiger partial charge < -0.3 is 11.6 Å². The van der Waals surface area contributed by atoms with Gasteiger partial charge in [-0.05, 0) is 28.1 Å². The van der Waals surface area contributed by atoms with Crippen molar-refractivity contribution in [3.05, 3.63) is 28.5 Å². The van der Waals surface area contributed by atoms with Gasteiger partial charge in [-0.3, -0.25) is 0 Å². The highest BCUT2D eigenvalue weighted by Crippen LogP contribution is 2.05. The lowest BCUT2D eigenvalue weighted by Crippen LogP contribution is -2.16. The van der Waals surface area contributed by atoms with E-state index in [0.29, 0.717) is 10.3 Å². The molecule has 0 aliphatic heterocycles. The van der Waals surface area contributed by atoms with Gasteiger partial charge in [-0.2, -0.15) is 5.10 Å². The van der Waals surface area contributed by atoms with Gasteiger partial charge in [0.1, 0.15) is 10.3 Å². The molecule has 0 spiro atoms. The molecule has 58 valence electrons. The Morgan fingerprint density at radius 1 is 1.55 bits per heavy atom. The van der Waals surface area contributed by atoms with Gasteiger partial charge in [-0.25, -0.2) is 4.98 Å². The third-order valence-electron chi connectivity index (χ3n) is 1.12. The van der Waals surface area contributed by atoms with Gasteiger partial charge in [-0.15, -0.1) is 0 Å². The van der Waals surface area contributed by atoms with Crippen molar-refractivity contribution in [3.8, 4) is 0 Å². The standard InChI is InChI=1S/C6H7BrN4/c7-5-3-1-2-4(10-5)6(8)11-9/h1-3H,9H2,(H2,8,11). The highest BCUT2D eigenvalue weighted by molar-refractivity contribution is 9.10. The molecular formula is C6H7BrN4. The number of amidine groups is 1. The van der Waals surface area contributed by atoms with E-state index in [1.165, 1.54) is 0 Å². The van der Waals surface area contributed by atoms with Crippen molar-refractivity contribution in [2.24, 2.45) is 16.7 Å². The molecule has 0 aliphatic carbocycles. The molecule has 0 unspecified atom stereocenters. The van der Waals surface area contributed by atoms with Crippen LogP contribution >= 0.6 is 15.9 Å². The van der Waals surface area contributed by atoms with E-state index in [1.807, 2.05) is 6.07 Å². The Hall–Kier alpha value is -1.10. The quantitative estimate of drug-likeness (QED) is 0.234. The van der Waals surface area contributed by atoms with Crippen LogP contribution in [0.15, 0.2) is 27.9 Å². The summed E-state index contributed by atoms with van der Waals surface area (Å²) in [5, 5.41) is 3.31. The third kappa shape index (κ3) is 1.91. The Morgan fingerprint density at radius 3 is 2.82 bits per heavy atom. The van der Waals surface area contributed by atoms with Gasteiger partial charge in [0.15, 0.2) is 5.84 Å². The Balaban J connectivity index is 3.06. The number of rotatable bonds is 1. The summed E-state index contributed by atoms with van der Waals surface area (Å²) in [6.07, 6.45) is 0. The summed E-state index contributed by atoms with van der Waals surface area (Å²) in [4.78, 5) is 4.02. The molecule has 0 fully saturated rings. The smallest absolute Gasteiger partial charge is 0.169 e. The lowest BCUT2D eigenvalue weighted by atomic mass is 10.3. The molecule has 0 saturated heterocycles. The summed E-state index contributed by atoms with van der Waals surface area (Å²) < 4.78 is 0.710. The van der Waals surface area contributed by atoms with Crippen LogP contribution in [0.2, 0.25) is 0 Å². The van der Waals surface area contributed by atoms with Crippen molar-refractivity contribution in [1.29, 1.82) is 0 Å². The first kappa shape index (κ1) is 8.00. The predicted octanol–water partition coefficient (Wildman–Crippen LogP) is 0.423. The van der Waals surface area contributed by atoms with Crippen LogP contribution in [0.5, 0.6) is 0 Å². The maximum absolute atomic E-state index is 5.40. The van der Waals surface area contributed by atoms with E-state index in [2.05, 4.69) is 26.0 Å². The fourth-order valence-electron chi connectivity index (χ4n) is 0.617. The van der Waals surface area contributed by atoms with Crippen LogP contribution in [-0.2, 0) is 0 Å². The lowest BCUT2D eigenvalue weighted by molar-refractivity contribution is 1.18. The monoisotopic (exact) mass is 214 g/mol. The zero-order valence-electron chi connectivity index (χ0n) is 5.66. The maximum atomic E-state index is 5.40. The Morgan fingerprint density at radius 2 is 2.27 bits per heavy atom. The molecule has 0 atom stereocenters. The van der Waals surface area contributed by atoms with Gasteiger partial charge in [0.25, 0.3) is 0 Å². The molecule has 1 aromatic rings. The second kappa shape index (κ2) is 3.34. The van der Waals surface area contributed by atoms with Crippen LogP contribution in [0.4, 0.5) is 0 Å². The zero-order chi connectivity index (χ0) is 8.27. The average molecular weight is 215 g/mol. The van der Waals surface area contributed by atoms with Crippen LogP contribution in [0, 0.1) is 0 Å². The fraction of sp³-hybridized carbons (Fsp3) is 0. The molecule has 11 heavy (non-hydrogen) atoms. The first-order chi connectivity index (χ1) is 5.24. The van der Waals surface area contributed by atoms with Crippen molar-refractivity contribution < 1.29 is 0 Å². The van der Waals surface area contributed by atoms with Crippen LogP contribution in [-0.4, -0.2) is 10.8 Å². The largest absolute Gasteiger partial charge is 0.380 e. The minimum atomic E-state index is 0.228. The van der Waals surface area contributed by atoms with Crippen LogP contribution < -0.4 is 11.6 Å². The number of hydrogen-bond donors (Lipinski definition) is 2. The van der Waals surface area contributed by atoms with E-state index in [9.17, 15) is 0 Å². The number of hydrazone groups is 1. The van der Waals surface area contributed by atoms with E-state index < -0.39 is 0 Å². The Bertz CT molecular complexity index is 284. The van der Waals surface area contributed by atoms with Crippen molar-refractivity contribution in [1.82, 2.24) is 4.98 Å². The molecule has 0 aliphatic rings. The molecule has 0 amide bonds. The first-order valence-electron chi connectivity index (χ1n) is 2.90. The number of halogens is 1. The first-order valence-corrected chi connectivity index (χ1v) is 3.69. The normalized spacial score (nSPS) is 11.5. The van der Waals surface area contributed by atoms with E-state index in [-0.39, 0.29) is 5.84 Å². The molecule has 4 N–H and O–H groups in total. The molecule has 0 aromatic carbocycles. The van der Waals surface area contributed by atoms with Gasteiger partial charge in [0.2, 0.25) is 0 Å². The van der Waals surface area contributed by atoms with Crippen molar-refractivity contribution in [2.75, 3.05) is 0 Å². The van der Waals surface area contributed by atoms with Gasteiger partial charge in [0.05, 0.1) is 0 Å². The van der Waals surface area contributed by atoms with E-state index in [0.717, 1.165) is 0 Å². The molecular weight excluding hydrogens is 208 g/mol. The summed E-state index contributed by atoms with van der Waals surface area (Å²) in [5.74, 6) is 5.19. The maximum Gasteiger partial charge on any atom is 0.169 e. The highest BCUT2D eigenvalue weighted by Gasteiger charge is 1.98. The lowest BCUT2D eigenvalue weighted by Gasteiger charge is -1.96. The molecule has 0 bridgehead atoms. The number of nitrogens with zero attached hydrogens (tertiary/aromatic N) is 2. The molecule has 5 heteroatoms. The Labute approximate surface area is 72.4 Å². The zero-order valence-corrected chi connectivity index (χ0v) is 7.25. The summed E-state index contributed by atoms with van der Waals surface area (Å²) in [5.41, 5.74) is 5.98. The number of aromatic nitrogens is 1.